The quantitative estimate of drug-likeness (QED) is 0.379. The summed E-state index contributed by atoms with van der Waals surface area (Å²) in [5.74, 6) is -10.5. The van der Waals surface area contributed by atoms with Crippen LogP contribution in [0.5, 0.6) is 0 Å². The second kappa shape index (κ2) is 10.0. The highest BCUT2D eigenvalue weighted by molar-refractivity contribution is 6.23. The lowest BCUT2D eigenvalue weighted by Crippen LogP contribution is -2.30. The average Bonchev–Trinajstić information content (AvgIpc) is 2.65. The van der Waals surface area contributed by atoms with Gasteiger partial charge in [-0.15, -0.1) is 0 Å². The normalized spacial score (nSPS) is 10.1. The molecule has 0 fully saturated rings. The number of hydrogen-bond donors (Lipinski definition) is 3. The number of esters is 3. The Labute approximate surface area is 169 Å². The molecule has 1 aromatic carbocycles. The summed E-state index contributed by atoms with van der Waals surface area (Å²) < 4.78 is 14.2. The van der Waals surface area contributed by atoms with Crippen LogP contribution in [0.3, 0.4) is 0 Å². The van der Waals surface area contributed by atoms with Crippen LogP contribution in [0.15, 0.2) is 0 Å². The highest BCUT2D eigenvalue weighted by Gasteiger charge is 2.41. The number of hydrogen-bond acceptors (Lipinski definition) is 9. The lowest BCUT2D eigenvalue weighted by atomic mass is 9.85. The van der Waals surface area contributed by atoms with E-state index in [1.54, 1.807) is 0 Å². The van der Waals surface area contributed by atoms with Gasteiger partial charge in [-0.1, -0.05) is 0 Å². The van der Waals surface area contributed by atoms with Gasteiger partial charge in [-0.05, 0) is 20.8 Å². The molecular weight excluding hydrogens is 408 g/mol. The van der Waals surface area contributed by atoms with Gasteiger partial charge in [0.2, 0.25) is 0 Å². The molecule has 0 saturated heterocycles. The Kier molecular flexibility index (Phi) is 8.03. The van der Waals surface area contributed by atoms with Gasteiger partial charge in [-0.3, -0.25) is 0 Å². The van der Waals surface area contributed by atoms with E-state index in [1.165, 1.54) is 20.8 Å². The molecule has 30 heavy (non-hydrogen) atoms. The minimum absolute atomic E-state index is 0.297. The van der Waals surface area contributed by atoms with Crippen LogP contribution in [0.25, 0.3) is 0 Å². The van der Waals surface area contributed by atoms with Gasteiger partial charge in [0.05, 0.1) is 53.2 Å². The van der Waals surface area contributed by atoms with E-state index in [0.717, 1.165) is 0 Å². The number of rotatable bonds is 9. The number of aromatic carboxylic acids is 3. The van der Waals surface area contributed by atoms with Crippen molar-refractivity contribution in [3.63, 3.8) is 0 Å². The van der Waals surface area contributed by atoms with Crippen LogP contribution in [0, 0.1) is 0 Å². The Hall–Kier alpha value is -3.96. The van der Waals surface area contributed by atoms with E-state index in [4.69, 9.17) is 14.2 Å². The molecule has 0 atom stereocenters. The molecule has 0 aliphatic heterocycles. The predicted octanol–water partition coefficient (Wildman–Crippen LogP) is 1.31. The predicted molar refractivity (Wildman–Crippen MR) is 95.2 cm³/mol. The molecule has 3 N–H and O–H groups in total. The standard InChI is InChI=1S/C18H18O12/c1-4-28-16(25)10-8(14(21)22)7(13(19)20)9(15(23)24)11(17(26)29-5-2)12(10)18(27)30-6-3/h4-6H2,1-3H3,(H,19,20)(H,21,22)(H,23,24). The zero-order chi connectivity index (χ0) is 23.2. The summed E-state index contributed by atoms with van der Waals surface area (Å²) in [7, 11) is 0. The maximum Gasteiger partial charge on any atom is 0.339 e. The van der Waals surface area contributed by atoms with Crippen molar-refractivity contribution in [2.24, 2.45) is 0 Å². The molecule has 12 heteroatoms. The minimum Gasteiger partial charge on any atom is -0.478 e. The Morgan fingerprint density at radius 3 is 0.900 bits per heavy atom. The lowest BCUT2D eigenvalue weighted by Gasteiger charge is -2.19. The summed E-state index contributed by atoms with van der Waals surface area (Å²) in [5.41, 5.74) is -7.41. The highest BCUT2D eigenvalue weighted by atomic mass is 16.5. The summed E-state index contributed by atoms with van der Waals surface area (Å²) in [6, 6.07) is 0. The maximum absolute atomic E-state index is 12.6. The molecule has 0 aliphatic carbocycles. The summed E-state index contributed by atoms with van der Waals surface area (Å²) in [6.45, 7) is 3.13. The average molecular weight is 426 g/mol. The molecule has 162 valence electrons. The molecule has 0 aliphatic rings. The van der Waals surface area contributed by atoms with Crippen molar-refractivity contribution in [1.29, 1.82) is 0 Å². The van der Waals surface area contributed by atoms with E-state index in [1.807, 2.05) is 0 Å². The molecule has 0 spiro atoms. The summed E-state index contributed by atoms with van der Waals surface area (Å²) in [4.78, 5) is 73.0. The van der Waals surface area contributed by atoms with Gasteiger partial charge in [0.25, 0.3) is 0 Å². The number of benzene rings is 1. The van der Waals surface area contributed by atoms with E-state index in [-0.39, 0.29) is 19.8 Å². The SMILES string of the molecule is CCOC(=O)c1c(C(=O)O)c(C(=O)O)c(C(=O)O)c(C(=O)OCC)c1C(=O)OCC. The van der Waals surface area contributed by atoms with Gasteiger partial charge in [-0.2, -0.15) is 0 Å². The fourth-order valence-electron chi connectivity index (χ4n) is 2.61. The molecule has 0 radical (unpaired) electrons. The number of carbonyl (C=O) groups is 6. The van der Waals surface area contributed by atoms with Gasteiger partial charge in [0.15, 0.2) is 0 Å². The van der Waals surface area contributed by atoms with Crippen molar-refractivity contribution in [1.82, 2.24) is 0 Å². The Bertz CT molecular complexity index is 871. The van der Waals surface area contributed by atoms with E-state index < -0.39 is 69.2 Å². The molecule has 0 bridgehead atoms. The molecular formula is C18H18O12. The van der Waals surface area contributed by atoms with Crippen molar-refractivity contribution in [3.8, 4) is 0 Å². The van der Waals surface area contributed by atoms with Crippen molar-refractivity contribution in [2.45, 2.75) is 20.8 Å². The van der Waals surface area contributed by atoms with E-state index >= 15 is 0 Å². The minimum atomic E-state index is -2.07. The second-order valence-electron chi connectivity index (χ2n) is 5.33. The molecule has 0 saturated carbocycles. The van der Waals surface area contributed by atoms with Crippen molar-refractivity contribution >= 4 is 35.8 Å². The highest BCUT2D eigenvalue weighted by Crippen LogP contribution is 2.31. The molecule has 12 nitrogen and oxygen atoms in total. The van der Waals surface area contributed by atoms with Crippen molar-refractivity contribution in [2.75, 3.05) is 19.8 Å². The molecule has 0 aromatic heterocycles. The molecule has 0 heterocycles. The van der Waals surface area contributed by atoms with E-state index in [2.05, 4.69) is 0 Å². The van der Waals surface area contributed by atoms with Crippen LogP contribution in [0.4, 0.5) is 0 Å². The van der Waals surface area contributed by atoms with Gasteiger partial charge in [-0.25, -0.2) is 28.8 Å². The third-order valence-corrected chi connectivity index (χ3v) is 3.58. The van der Waals surface area contributed by atoms with Crippen LogP contribution in [0.2, 0.25) is 0 Å². The van der Waals surface area contributed by atoms with Crippen LogP contribution in [-0.2, 0) is 14.2 Å². The topological polar surface area (TPSA) is 191 Å². The zero-order valence-corrected chi connectivity index (χ0v) is 16.1. The fraction of sp³-hybridized carbons (Fsp3) is 0.333. The van der Waals surface area contributed by atoms with Gasteiger partial charge in [0, 0.05) is 0 Å². The van der Waals surface area contributed by atoms with Crippen molar-refractivity contribution < 1.29 is 58.3 Å². The Morgan fingerprint density at radius 2 is 0.700 bits per heavy atom. The third kappa shape index (κ3) is 4.54. The number of ether oxygens (including phenoxy) is 3. The largest absolute Gasteiger partial charge is 0.478 e. The third-order valence-electron chi connectivity index (χ3n) is 3.58. The first kappa shape index (κ1) is 24.1. The van der Waals surface area contributed by atoms with Crippen LogP contribution >= 0.6 is 0 Å². The first-order chi connectivity index (χ1) is 14.0. The van der Waals surface area contributed by atoms with Crippen LogP contribution < -0.4 is 0 Å². The Morgan fingerprint density at radius 1 is 0.500 bits per heavy atom. The van der Waals surface area contributed by atoms with Crippen molar-refractivity contribution in [3.05, 3.63) is 33.4 Å². The molecule has 0 unspecified atom stereocenters. The second-order valence-corrected chi connectivity index (χ2v) is 5.33. The van der Waals surface area contributed by atoms with Gasteiger partial charge >= 0.3 is 35.8 Å². The molecule has 1 aromatic rings. The van der Waals surface area contributed by atoms with Gasteiger partial charge < -0.3 is 29.5 Å². The van der Waals surface area contributed by atoms with Gasteiger partial charge in [0.1, 0.15) is 0 Å². The fourth-order valence-corrected chi connectivity index (χ4v) is 2.61. The van der Waals surface area contributed by atoms with Crippen LogP contribution in [-0.4, -0.2) is 71.0 Å². The zero-order valence-electron chi connectivity index (χ0n) is 16.1. The lowest BCUT2D eigenvalue weighted by molar-refractivity contribution is 0.0448. The summed E-state index contributed by atoms with van der Waals surface area (Å²) in [5, 5.41) is 28.6. The molecule has 0 amide bonds. The summed E-state index contributed by atoms with van der Waals surface area (Å²) in [6.07, 6.45) is 0. The first-order valence-corrected chi connectivity index (χ1v) is 8.50. The maximum atomic E-state index is 12.6. The van der Waals surface area contributed by atoms with E-state index in [9.17, 15) is 44.1 Å². The number of carboxylic acid groups (broad SMARTS) is 3. The summed E-state index contributed by atoms with van der Waals surface area (Å²) >= 11 is 0. The first-order valence-electron chi connectivity index (χ1n) is 8.50. The Balaban J connectivity index is 4.45. The smallest absolute Gasteiger partial charge is 0.339 e. The monoisotopic (exact) mass is 426 g/mol. The number of carboxylic acids is 3. The van der Waals surface area contributed by atoms with E-state index in [0.29, 0.717) is 0 Å². The van der Waals surface area contributed by atoms with Crippen LogP contribution in [0.1, 0.15) is 82.9 Å². The molecule has 1 rings (SSSR count). The number of carbonyl (C=O) groups excluding carboxylic acids is 3.